The molecule has 7 heteroatoms. The summed E-state index contributed by atoms with van der Waals surface area (Å²) in [4.78, 5) is 2.28. The number of aliphatic hydroxyl groups excluding tert-OH is 1. The molecule has 1 aliphatic heterocycles. The number of alkyl halides is 3. The van der Waals surface area contributed by atoms with Crippen LogP contribution in [-0.2, 0) is 6.18 Å². The summed E-state index contributed by atoms with van der Waals surface area (Å²) < 4.78 is 43.5. The number of halogens is 4. The molecule has 2 aromatic carbocycles. The van der Waals surface area contributed by atoms with Gasteiger partial charge in [-0.2, -0.15) is 13.2 Å². The van der Waals surface area contributed by atoms with Gasteiger partial charge in [0.2, 0.25) is 0 Å². The molecule has 2 aromatic rings. The Bertz CT molecular complexity index is 765. The third-order valence-electron chi connectivity index (χ3n) is 5.31. The van der Waals surface area contributed by atoms with E-state index in [1.54, 1.807) is 12.1 Å². The van der Waals surface area contributed by atoms with Crippen molar-refractivity contribution < 1.29 is 23.0 Å². The molecule has 2 unspecified atom stereocenters. The van der Waals surface area contributed by atoms with Crippen LogP contribution in [-0.4, -0.2) is 35.7 Å². The van der Waals surface area contributed by atoms with Crippen LogP contribution in [0, 0.1) is 0 Å². The quantitative estimate of drug-likeness (QED) is 0.613. The van der Waals surface area contributed by atoms with Gasteiger partial charge in [-0.1, -0.05) is 30.2 Å². The van der Waals surface area contributed by atoms with Gasteiger partial charge in [0.05, 0.1) is 18.3 Å². The molecule has 0 spiro atoms. The Morgan fingerprint density at radius 2 is 1.76 bits per heavy atom. The fraction of sp³-hybridized carbons (Fsp3) is 0.455. The molecule has 1 saturated heterocycles. The lowest BCUT2D eigenvalue weighted by Gasteiger charge is -2.37. The Labute approximate surface area is 174 Å². The Morgan fingerprint density at radius 3 is 2.41 bits per heavy atom. The van der Waals surface area contributed by atoms with E-state index in [1.165, 1.54) is 12.1 Å². The third kappa shape index (κ3) is 6.36. The Balaban J connectivity index is 1.51. The summed E-state index contributed by atoms with van der Waals surface area (Å²) in [5, 5.41) is 11.2. The van der Waals surface area contributed by atoms with Crippen molar-refractivity contribution in [2.24, 2.45) is 0 Å². The summed E-state index contributed by atoms with van der Waals surface area (Å²) in [6, 6.07) is 12.3. The highest BCUT2D eigenvalue weighted by molar-refractivity contribution is 6.30. The molecule has 29 heavy (non-hydrogen) atoms. The minimum Gasteiger partial charge on any atom is -0.494 e. The summed E-state index contributed by atoms with van der Waals surface area (Å²) in [6.45, 7) is 1.87. The average Bonchev–Trinajstić information content (AvgIpc) is 2.69. The van der Waals surface area contributed by atoms with Gasteiger partial charge in [-0.25, -0.2) is 0 Å². The van der Waals surface area contributed by atoms with Gasteiger partial charge < -0.3 is 9.84 Å². The third-order valence-corrected chi connectivity index (χ3v) is 5.56. The van der Waals surface area contributed by atoms with Crippen LogP contribution >= 0.6 is 11.6 Å². The predicted octanol–water partition coefficient (Wildman–Crippen LogP) is 5.72. The fourth-order valence-corrected chi connectivity index (χ4v) is 3.82. The zero-order chi connectivity index (χ0) is 20.9. The van der Waals surface area contributed by atoms with E-state index in [1.807, 2.05) is 12.1 Å². The maximum Gasteiger partial charge on any atom is 0.416 e. The molecule has 158 valence electrons. The smallest absolute Gasteiger partial charge is 0.416 e. The van der Waals surface area contributed by atoms with Gasteiger partial charge in [0.15, 0.2) is 0 Å². The number of hydrogen-bond donors (Lipinski definition) is 1. The Hall–Kier alpha value is -1.76. The molecule has 0 aliphatic carbocycles. The largest absolute Gasteiger partial charge is 0.494 e. The molecular formula is C22H25ClF3NO2. The maximum atomic E-state index is 12.6. The zero-order valence-electron chi connectivity index (χ0n) is 16.0. The molecule has 3 rings (SSSR count). The first-order valence-electron chi connectivity index (χ1n) is 9.80. The highest BCUT2D eigenvalue weighted by atomic mass is 35.5. The van der Waals surface area contributed by atoms with E-state index in [9.17, 15) is 18.3 Å². The van der Waals surface area contributed by atoms with Crippen LogP contribution in [0.25, 0.3) is 0 Å². The fourth-order valence-electron chi connectivity index (χ4n) is 3.69. The van der Waals surface area contributed by atoms with Crippen LogP contribution in [0.5, 0.6) is 5.75 Å². The minimum absolute atomic E-state index is 0.278. The lowest BCUT2D eigenvalue weighted by molar-refractivity contribution is -0.137. The summed E-state index contributed by atoms with van der Waals surface area (Å²) in [6.07, 6.45) is -0.949. The van der Waals surface area contributed by atoms with Crippen molar-refractivity contribution in [3.8, 4) is 5.75 Å². The van der Waals surface area contributed by atoms with E-state index in [-0.39, 0.29) is 6.04 Å². The Morgan fingerprint density at radius 1 is 1.07 bits per heavy atom. The topological polar surface area (TPSA) is 32.7 Å². The molecule has 3 nitrogen and oxygen atoms in total. The number of ether oxygens (including phenoxy) is 1. The summed E-state index contributed by atoms with van der Waals surface area (Å²) >= 11 is 5.91. The maximum absolute atomic E-state index is 12.6. The van der Waals surface area contributed by atoms with E-state index in [0.717, 1.165) is 49.9 Å². The number of hydrogen-bond acceptors (Lipinski definition) is 3. The van der Waals surface area contributed by atoms with Crippen LogP contribution in [0.3, 0.4) is 0 Å². The van der Waals surface area contributed by atoms with Crippen LogP contribution in [0.1, 0.15) is 42.9 Å². The van der Waals surface area contributed by atoms with E-state index in [0.29, 0.717) is 23.9 Å². The molecule has 1 N–H and O–H groups in total. The molecule has 0 radical (unpaired) electrons. The lowest BCUT2D eigenvalue weighted by atomic mass is 9.98. The average molecular weight is 428 g/mol. The van der Waals surface area contributed by atoms with E-state index >= 15 is 0 Å². The SMILES string of the molecule is OC(CN1CCCCC1CCOc1ccc(C(F)(F)F)cc1)c1ccc(Cl)cc1. The summed E-state index contributed by atoms with van der Waals surface area (Å²) in [5.74, 6) is 0.432. The number of aliphatic hydroxyl groups is 1. The number of piperidine rings is 1. The van der Waals surface area contributed by atoms with Crippen LogP contribution in [0.4, 0.5) is 13.2 Å². The van der Waals surface area contributed by atoms with Gasteiger partial charge in [0, 0.05) is 17.6 Å². The highest BCUT2D eigenvalue weighted by Gasteiger charge is 2.30. The molecule has 0 saturated carbocycles. The number of nitrogens with zero attached hydrogens (tertiary/aromatic N) is 1. The van der Waals surface area contributed by atoms with Crippen molar-refractivity contribution in [2.75, 3.05) is 19.7 Å². The first-order chi connectivity index (χ1) is 13.8. The van der Waals surface area contributed by atoms with Crippen molar-refractivity contribution >= 4 is 11.6 Å². The van der Waals surface area contributed by atoms with Gasteiger partial charge in [0.25, 0.3) is 0 Å². The zero-order valence-corrected chi connectivity index (χ0v) is 16.8. The van der Waals surface area contributed by atoms with Crippen LogP contribution < -0.4 is 4.74 Å². The summed E-state index contributed by atoms with van der Waals surface area (Å²) in [5.41, 5.74) is 0.152. The van der Waals surface area contributed by atoms with Crippen molar-refractivity contribution in [3.05, 3.63) is 64.7 Å². The van der Waals surface area contributed by atoms with Crippen LogP contribution in [0.15, 0.2) is 48.5 Å². The molecule has 0 amide bonds. The van der Waals surface area contributed by atoms with Crippen molar-refractivity contribution in [1.29, 1.82) is 0 Å². The van der Waals surface area contributed by atoms with Gasteiger partial charge >= 0.3 is 6.18 Å². The molecule has 1 heterocycles. The molecule has 2 atom stereocenters. The lowest BCUT2D eigenvalue weighted by Crippen LogP contribution is -2.42. The number of β-amino-alcohol motifs (C(OH)–C–C–N with tert-alkyl or cyclic N) is 1. The molecular weight excluding hydrogens is 403 g/mol. The minimum atomic E-state index is -4.34. The van der Waals surface area contributed by atoms with Gasteiger partial charge in [-0.3, -0.25) is 4.90 Å². The number of benzene rings is 2. The normalized spacial score (nSPS) is 19.1. The standard InChI is InChI=1S/C22H25ClF3NO2/c23-18-8-4-16(5-9-18)21(28)15-27-13-2-1-3-19(27)12-14-29-20-10-6-17(7-11-20)22(24,25)26/h4-11,19,21,28H,1-3,12-15H2. The molecule has 1 fully saturated rings. The first-order valence-corrected chi connectivity index (χ1v) is 10.2. The van der Waals surface area contributed by atoms with E-state index < -0.39 is 17.8 Å². The second-order valence-corrected chi connectivity index (χ2v) is 7.81. The number of rotatable bonds is 7. The number of likely N-dealkylation sites (tertiary alicyclic amines) is 1. The van der Waals surface area contributed by atoms with Crippen molar-refractivity contribution in [2.45, 2.75) is 44.0 Å². The second-order valence-electron chi connectivity index (χ2n) is 7.37. The van der Waals surface area contributed by atoms with Crippen LogP contribution in [0.2, 0.25) is 5.02 Å². The van der Waals surface area contributed by atoms with E-state index in [4.69, 9.17) is 16.3 Å². The van der Waals surface area contributed by atoms with Crippen molar-refractivity contribution in [3.63, 3.8) is 0 Å². The molecule has 1 aliphatic rings. The molecule has 0 bridgehead atoms. The Kier molecular flexibility index (Phi) is 7.44. The van der Waals surface area contributed by atoms with Gasteiger partial charge in [-0.05, 0) is 67.8 Å². The predicted molar refractivity (Wildman–Crippen MR) is 107 cm³/mol. The highest BCUT2D eigenvalue weighted by Crippen LogP contribution is 2.30. The summed E-state index contributed by atoms with van der Waals surface area (Å²) in [7, 11) is 0. The second kappa shape index (κ2) is 9.83. The van der Waals surface area contributed by atoms with Gasteiger partial charge in [-0.15, -0.1) is 0 Å². The monoisotopic (exact) mass is 427 g/mol. The van der Waals surface area contributed by atoms with Crippen molar-refractivity contribution in [1.82, 2.24) is 4.90 Å². The first kappa shape index (κ1) is 21.9. The van der Waals surface area contributed by atoms with E-state index in [2.05, 4.69) is 4.90 Å². The molecule has 0 aromatic heterocycles. The van der Waals surface area contributed by atoms with Gasteiger partial charge in [0.1, 0.15) is 5.75 Å².